The van der Waals surface area contributed by atoms with Crippen LogP contribution in [0.4, 0.5) is 4.79 Å². The van der Waals surface area contributed by atoms with Gasteiger partial charge in [-0.15, -0.1) is 0 Å². The molecule has 3 rings (SSSR count). The summed E-state index contributed by atoms with van der Waals surface area (Å²) in [4.78, 5) is 12.2. The van der Waals surface area contributed by atoms with Crippen molar-refractivity contribution in [3.63, 3.8) is 0 Å². The first-order chi connectivity index (χ1) is 13.3. The molecule has 6 heteroatoms. The second-order valence-electron chi connectivity index (χ2n) is 6.42. The van der Waals surface area contributed by atoms with Crippen LogP contribution in [0, 0.1) is 36.5 Å². The summed E-state index contributed by atoms with van der Waals surface area (Å²) in [5, 5.41) is 26.3. The molecule has 0 saturated carbocycles. The molecule has 142 valence electrons. The summed E-state index contributed by atoms with van der Waals surface area (Å²) in [6.45, 7) is 4.79. The second-order valence-corrected chi connectivity index (χ2v) is 7.34. The molecule has 2 aromatic rings. The fourth-order valence-corrected chi connectivity index (χ4v) is 3.32. The lowest BCUT2D eigenvalue weighted by atomic mass is 9.96. The highest BCUT2D eigenvalue weighted by molar-refractivity contribution is 9.10. The number of hydrogen-bond acceptors (Lipinski definition) is 3. The van der Waals surface area contributed by atoms with Crippen molar-refractivity contribution in [1.82, 2.24) is 4.90 Å². The van der Waals surface area contributed by atoms with Gasteiger partial charge in [-0.25, -0.2) is 4.79 Å². The van der Waals surface area contributed by atoms with Crippen molar-refractivity contribution in [3.05, 3.63) is 74.8 Å². The number of amides is 1. The predicted octanol–water partition coefficient (Wildman–Crippen LogP) is 5.26. The molecule has 1 amide bonds. The Bertz CT molecular complexity index is 1000. The van der Waals surface area contributed by atoms with Crippen molar-refractivity contribution >= 4 is 27.6 Å². The van der Waals surface area contributed by atoms with Crippen LogP contribution in [0.3, 0.4) is 0 Å². The number of halogens is 1. The van der Waals surface area contributed by atoms with Crippen molar-refractivity contribution in [2.75, 3.05) is 13.1 Å². The third kappa shape index (κ3) is 5.45. The van der Waals surface area contributed by atoms with Gasteiger partial charge in [0, 0.05) is 17.6 Å². The molecule has 0 radical (unpaired) electrons. The molecule has 0 aromatic heterocycles. The lowest BCUT2D eigenvalue weighted by Crippen LogP contribution is -2.33. The molecule has 1 heterocycles. The molecule has 1 N–H and O–H groups in total. The lowest BCUT2D eigenvalue weighted by molar-refractivity contribution is 0.150. The van der Waals surface area contributed by atoms with E-state index in [-0.39, 0.29) is 0 Å². The van der Waals surface area contributed by atoms with Crippen LogP contribution in [0.15, 0.2) is 46.9 Å². The zero-order valence-corrected chi connectivity index (χ0v) is 17.3. The van der Waals surface area contributed by atoms with Gasteiger partial charge in [-0.1, -0.05) is 34.1 Å². The van der Waals surface area contributed by atoms with E-state index in [1.54, 1.807) is 6.07 Å². The first-order valence-corrected chi connectivity index (χ1v) is 9.49. The van der Waals surface area contributed by atoms with Gasteiger partial charge in [0.25, 0.3) is 0 Å². The largest absolute Gasteiger partial charge is 0.465 e. The SMILES string of the molecule is Cc1cc(Br)ccc1C#N.Cc1cc(C2=CCN(C(=O)O)CC2)ccc1C#N. The highest BCUT2D eigenvalue weighted by Gasteiger charge is 2.16. The van der Waals surface area contributed by atoms with Crippen LogP contribution in [-0.4, -0.2) is 29.2 Å². The van der Waals surface area contributed by atoms with E-state index in [4.69, 9.17) is 15.6 Å². The molecular formula is C22H20BrN3O2. The molecule has 0 saturated heterocycles. The van der Waals surface area contributed by atoms with E-state index in [1.807, 2.05) is 50.3 Å². The maximum atomic E-state index is 10.8. The number of nitriles is 2. The summed E-state index contributed by atoms with van der Waals surface area (Å²) in [7, 11) is 0. The summed E-state index contributed by atoms with van der Waals surface area (Å²) in [5.74, 6) is 0. The molecule has 0 spiro atoms. The summed E-state index contributed by atoms with van der Waals surface area (Å²) >= 11 is 3.32. The van der Waals surface area contributed by atoms with Gasteiger partial charge in [-0.3, -0.25) is 0 Å². The predicted molar refractivity (Wildman–Crippen MR) is 112 cm³/mol. The standard InChI is InChI=1S/C14H14N2O2.C8H6BrN/c1-10-8-12(2-3-13(10)9-15)11-4-6-16(7-5-11)14(17)18;1-6-4-8(9)3-2-7(6)5-10/h2-4,8H,5-7H2,1H3,(H,17,18);2-4H,1H3. The van der Waals surface area contributed by atoms with Gasteiger partial charge in [0.1, 0.15) is 0 Å². The van der Waals surface area contributed by atoms with Crippen molar-refractivity contribution in [2.45, 2.75) is 20.3 Å². The molecular weight excluding hydrogens is 418 g/mol. The quantitative estimate of drug-likeness (QED) is 0.658. The van der Waals surface area contributed by atoms with Crippen molar-refractivity contribution < 1.29 is 9.90 Å². The number of hydrogen-bond donors (Lipinski definition) is 1. The fourth-order valence-electron chi connectivity index (χ4n) is 2.85. The molecule has 1 aliphatic heterocycles. The van der Waals surface area contributed by atoms with Gasteiger partial charge < -0.3 is 10.0 Å². The molecule has 0 atom stereocenters. The monoisotopic (exact) mass is 437 g/mol. The van der Waals surface area contributed by atoms with Crippen LogP contribution in [0.25, 0.3) is 5.57 Å². The van der Waals surface area contributed by atoms with Crippen molar-refractivity contribution in [3.8, 4) is 12.1 Å². The van der Waals surface area contributed by atoms with Crippen LogP contribution in [0.2, 0.25) is 0 Å². The number of carboxylic acid groups (broad SMARTS) is 1. The number of nitrogens with zero attached hydrogens (tertiary/aromatic N) is 3. The minimum atomic E-state index is -0.874. The van der Waals surface area contributed by atoms with Crippen LogP contribution in [0.1, 0.15) is 34.2 Å². The molecule has 5 nitrogen and oxygen atoms in total. The van der Waals surface area contributed by atoms with Crippen LogP contribution in [-0.2, 0) is 0 Å². The van der Waals surface area contributed by atoms with Crippen LogP contribution in [0.5, 0.6) is 0 Å². The molecule has 0 aliphatic carbocycles. The summed E-state index contributed by atoms with van der Waals surface area (Å²) < 4.78 is 1.02. The van der Waals surface area contributed by atoms with E-state index in [0.29, 0.717) is 18.7 Å². The normalized spacial score (nSPS) is 12.8. The smallest absolute Gasteiger partial charge is 0.407 e. The Labute approximate surface area is 173 Å². The Morgan fingerprint density at radius 2 is 1.68 bits per heavy atom. The van der Waals surface area contributed by atoms with E-state index >= 15 is 0 Å². The third-order valence-electron chi connectivity index (χ3n) is 4.51. The van der Waals surface area contributed by atoms with Gasteiger partial charge in [0.05, 0.1) is 23.3 Å². The molecule has 2 aromatic carbocycles. The minimum absolute atomic E-state index is 0.434. The van der Waals surface area contributed by atoms with E-state index in [1.165, 1.54) is 4.90 Å². The second kappa shape index (κ2) is 9.73. The number of benzene rings is 2. The third-order valence-corrected chi connectivity index (χ3v) is 5.00. The molecule has 0 bridgehead atoms. The van der Waals surface area contributed by atoms with E-state index in [2.05, 4.69) is 28.1 Å². The van der Waals surface area contributed by atoms with E-state index in [0.717, 1.165) is 38.7 Å². The topological polar surface area (TPSA) is 88.1 Å². The van der Waals surface area contributed by atoms with Gasteiger partial charge in [-0.05, 0) is 66.8 Å². The Morgan fingerprint density at radius 3 is 2.14 bits per heavy atom. The maximum Gasteiger partial charge on any atom is 0.407 e. The summed E-state index contributed by atoms with van der Waals surface area (Å²) in [5.41, 5.74) is 5.62. The van der Waals surface area contributed by atoms with Crippen LogP contribution < -0.4 is 0 Å². The average molecular weight is 438 g/mol. The number of aryl methyl sites for hydroxylation is 2. The zero-order chi connectivity index (χ0) is 20.7. The fraction of sp³-hybridized carbons (Fsp3) is 0.227. The zero-order valence-electron chi connectivity index (χ0n) is 15.7. The highest BCUT2D eigenvalue weighted by Crippen LogP contribution is 2.24. The molecule has 1 aliphatic rings. The van der Waals surface area contributed by atoms with E-state index < -0.39 is 6.09 Å². The number of carbonyl (C=O) groups is 1. The van der Waals surface area contributed by atoms with Crippen molar-refractivity contribution in [1.29, 1.82) is 10.5 Å². The molecule has 0 fully saturated rings. The minimum Gasteiger partial charge on any atom is -0.465 e. The summed E-state index contributed by atoms with van der Waals surface area (Å²) in [6.07, 6.45) is 1.79. The Morgan fingerprint density at radius 1 is 1.07 bits per heavy atom. The first kappa shape index (κ1) is 21.2. The lowest BCUT2D eigenvalue weighted by Gasteiger charge is -2.24. The molecule has 28 heavy (non-hydrogen) atoms. The molecule has 0 unspecified atom stereocenters. The van der Waals surface area contributed by atoms with Gasteiger partial charge in [0.2, 0.25) is 0 Å². The van der Waals surface area contributed by atoms with Crippen molar-refractivity contribution in [2.24, 2.45) is 0 Å². The average Bonchev–Trinajstić information content (AvgIpc) is 2.68. The van der Waals surface area contributed by atoms with Gasteiger partial charge in [0.15, 0.2) is 0 Å². The maximum absolute atomic E-state index is 10.8. The Balaban J connectivity index is 0.000000237. The Hall–Kier alpha value is -3.09. The van der Waals surface area contributed by atoms with E-state index in [9.17, 15) is 4.79 Å². The number of rotatable bonds is 1. The summed E-state index contributed by atoms with van der Waals surface area (Å²) in [6, 6.07) is 15.6. The first-order valence-electron chi connectivity index (χ1n) is 8.70. The Kier molecular flexibility index (Phi) is 7.37. The highest BCUT2D eigenvalue weighted by atomic mass is 79.9. The van der Waals surface area contributed by atoms with Gasteiger partial charge in [-0.2, -0.15) is 10.5 Å². The van der Waals surface area contributed by atoms with Gasteiger partial charge >= 0.3 is 6.09 Å². The van der Waals surface area contributed by atoms with Crippen LogP contribution >= 0.6 is 15.9 Å².